The lowest BCUT2D eigenvalue weighted by molar-refractivity contribution is -0.120. The first kappa shape index (κ1) is 21.8. The number of nitrogens with one attached hydrogen (secondary N) is 2. The highest BCUT2D eigenvalue weighted by Gasteiger charge is 2.26. The van der Waals surface area contributed by atoms with Crippen molar-refractivity contribution in [3.05, 3.63) is 59.2 Å². The van der Waals surface area contributed by atoms with E-state index in [2.05, 4.69) is 22.8 Å². The number of hydrogen-bond acceptors (Lipinski definition) is 4. The van der Waals surface area contributed by atoms with Crippen LogP contribution in [0, 0.1) is 6.92 Å². The van der Waals surface area contributed by atoms with Gasteiger partial charge in [0.05, 0.1) is 17.5 Å². The summed E-state index contributed by atoms with van der Waals surface area (Å²) in [4.78, 5) is 12.9. The summed E-state index contributed by atoms with van der Waals surface area (Å²) in [5, 5.41) is 6.28. The van der Waals surface area contributed by atoms with Crippen LogP contribution in [0.25, 0.3) is 0 Å². The largest absolute Gasteiger partial charge is 0.376 e. The SMILES string of the molecule is Cc1ccc(S(=O)(=O)N2CCCCC2)cc1NCC(=O)NC1CCCc2ccccc21. The van der Waals surface area contributed by atoms with Crippen molar-refractivity contribution >= 4 is 21.6 Å². The molecule has 0 bridgehead atoms. The molecule has 2 aliphatic rings. The van der Waals surface area contributed by atoms with Gasteiger partial charge in [0.25, 0.3) is 0 Å². The molecule has 4 rings (SSSR count). The van der Waals surface area contributed by atoms with Gasteiger partial charge < -0.3 is 10.6 Å². The molecule has 31 heavy (non-hydrogen) atoms. The van der Waals surface area contributed by atoms with Crippen molar-refractivity contribution in [2.75, 3.05) is 25.0 Å². The molecule has 1 aliphatic carbocycles. The first-order valence-electron chi connectivity index (χ1n) is 11.2. The van der Waals surface area contributed by atoms with Gasteiger partial charge in [-0.15, -0.1) is 0 Å². The zero-order valence-electron chi connectivity index (χ0n) is 18.1. The Morgan fingerprint density at radius 1 is 1.06 bits per heavy atom. The molecular weight excluding hydrogens is 410 g/mol. The van der Waals surface area contributed by atoms with Gasteiger partial charge in [-0.2, -0.15) is 4.31 Å². The van der Waals surface area contributed by atoms with Crippen LogP contribution in [0.3, 0.4) is 0 Å². The second-order valence-corrected chi connectivity index (χ2v) is 10.4. The third kappa shape index (κ3) is 4.93. The average Bonchev–Trinajstić information content (AvgIpc) is 2.79. The van der Waals surface area contributed by atoms with Crippen LogP contribution in [0.1, 0.15) is 54.8 Å². The molecule has 0 aromatic heterocycles. The lowest BCUT2D eigenvalue weighted by atomic mass is 9.88. The standard InChI is InChI=1S/C24H31N3O3S/c1-18-12-13-20(31(29,30)27-14-5-2-6-15-27)16-23(18)25-17-24(28)26-22-11-7-9-19-8-3-4-10-21(19)22/h3-4,8,10,12-13,16,22,25H,2,5-7,9,11,14-15,17H2,1H3,(H,26,28). The fraction of sp³-hybridized carbons (Fsp3) is 0.458. The first-order valence-corrected chi connectivity index (χ1v) is 12.6. The lowest BCUT2D eigenvalue weighted by Gasteiger charge is -2.27. The van der Waals surface area contributed by atoms with E-state index in [9.17, 15) is 13.2 Å². The second kappa shape index (κ2) is 9.40. The molecule has 166 valence electrons. The Labute approximate surface area is 185 Å². The van der Waals surface area contributed by atoms with E-state index < -0.39 is 10.0 Å². The minimum atomic E-state index is -3.50. The van der Waals surface area contributed by atoms with Crippen molar-refractivity contribution in [2.45, 2.75) is 56.4 Å². The molecule has 2 N–H and O–H groups in total. The van der Waals surface area contributed by atoms with E-state index in [0.29, 0.717) is 18.8 Å². The first-order chi connectivity index (χ1) is 14.9. The lowest BCUT2D eigenvalue weighted by Crippen LogP contribution is -2.36. The zero-order chi connectivity index (χ0) is 21.8. The van der Waals surface area contributed by atoms with Crippen molar-refractivity contribution in [3.63, 3.8) is 0 Å². The van der Waals surface area contributed by atoms with Gasteiger partial charge in [0, 0.05) is 18.8 Å². The number of fused-ring (bicyclic) bond motifs is 1. The predicted molar refractivity (Wildman–Crippen MR) is 123 cm³/mol. The van der Waals surface area contributed by atoms with Gasteiger partial charge in [-0.1, -0.05) is 36.8 Å². The monoisotopic (exact) mass is 441 g/mol. The molecule has 2 aromatic carbocycles. The predicted octanol–water partition coefficient (Wildman–Crippen LogP) is 3.78. The number of carbonyl (C=O) groups is 1. The minimum Gasteiger partial charge on any atom is -0.376 e. The number of nitrogens with zero attached hydrogens (tertiary/aromatic N) is 1. The number of carbonyl (C=O) groups excluding carboxylic acids is 1. The molecule has 1 aliphatic heterocycles. The highest BCUT2D eigenvalue weighted by Crippen LogP contribution is 2.29. The molecule has 7 heteroatoms. The van der Waals surface area contributed by atoms with E-state index in [0.717, 1.165) is 44.1 Å². The van der Waals surface area contributed by atoms with Gasteiger partial charge in [-0.05, 0) is 67.9 Å². The van der Waals surface area contributed by atoms with Gasteiger partial charge in [0.1, 0.15) is 0 Å². The number of piperidine rings is 1. The Morgan fingerprint density at radius 2 is 1.84 bits per heavy atom. The van der Waals surface area contributed by atoms with Crippen LogP contribution >= 0.6 is 0 Å². The number of anilines is 1. The molecule has 1 heterocycles. The number of amides is 1. The van der Waals surface area contributed by atoms with Crippen molar-refractivity contribution in [3.8, 4) is 0 Å². The van der Waals surface area contributed by atoms with E-state index >= 15 is 0 Å². The Kier molecular flexibility index (Phi) is 6.62. The van der Waals surface area contributed by atoms with Crippen LogP contribution < -0.4 is 10.6 Å². The van der Waals surface area contributed by atoms with Gasteiger partial charge in [0.15, 0.2) is 0 Å². The number of rotatable bonds is 6. The van der Waals surface area contributed by atoms with E-state index in [-0.39, 0.29) is 23.4 Å². The van der Waals surface area contributed by atoms with Crippen molar-refractivity contribution in [1.82, 2.24) is 9.62 Å². The maximum absolute atomic E-state index is 13.0. The van der Waals surface area contributed by atoms with Crippen LogP contribution in [0.15, 0.2) is 47.4 Å². The molecule has 0 spiro atoms. The summed E-state index contributed by atoms with van der Waals surface area (Å²) in [6, 6.07) is 13.4. The molecule has 6 nitrogen and oxygen atoms in total. The Balaban J connectivity index is 1.42. The van der Waals surface area contributed by atoms with Gasteiger partial charge in [-0.3, -0.25) is 4.79 Å². The normalized spacial score (nSPS) is 19.5. The fourth-order valence-electron chi connectivity index (χ4n) is 4.53. The highest BCUT2D eigenvalue weighted by molar-refractivity contribution is 7.89. The average molecular weight is 442 g/mol. The van der Waals surface area contributed by atoms with E-state index in [1.165, 1.54) is 11.1 Å². The maximum atomic E-state index is 13.0. The van der Waals surface area contributed by atoms with E-state index in [1.54, 1.807) is 22.5 Å². The zero-order valence-corrected chi connectivity index (χ0v) is 18.9. The summed E-state index contributed by atoms with van der Waals surface area (Å²) in [6.07, 6.45) is 5.93. The summed E-state index contributed by atoms with van der Waals surface area (Å²) in [6.45, 7) is 3.16. The van der Waals surface area contributed by atoms with Gasteiger partial charge in [-0.25, -0.2) is 8.42 Å². The molecule has 1 unspecified atom stereocenters. The van der Waals surface area contributed by atoms with Crippen LogP contribution in [0.4, 0.5) is 5.69 Å². The third-order valence-corrected chi connectivity index (χ3v) is 8.20. The third-order valence-electron chi connectivity index (χ3n) is 6.31. The van der Waals surface area contributed by atoms with Gasteiger partial charge in [0.2, 0.25) is 15.9 Å². The Bertz CT molecular complexity index is 1050. The molecule has 1 fully saturated rings. The number of benzene rings is 2. The summed E-state index contributed by atoms with van der Waals surface area (Å²) in [5.41, 5.74) is 4.09. The van der Waals surface area contributed by atoms with Crippen molar-refractivity contribution < 1.29 is 13.2 Å². The summed E-state index contributed by atoms with van der Waals surface area (Å²) < 4.78 is 27.5. The summed E-state index contributed by atoms with van der Waals surface area (Å²) in [7, 11) is -3.50. The Hall–Kier alpha value is -2.38. The highest BCUT2D eigenvalue weighted by atomic mass is 32.2. The molecule has 1 saturated heterocycles. The van der Waals surface area contributed by atoms with Crippen LogP contribution in [-0.4, -0.2) is 38.3 Å². The summed E-state index contributed by atoms with van der Waals surface area (Å²) in [5.74, 6) is -0.0922. The molecule has 0 radical (unpaired) electrons. The number of aryl methyl sites for hydroxylation is 2. The maximum Gasteiger partial charge on any atom is 0.243 e. The van der Waals surface area contributed by atoms with Crippen molar-refractivity contribution in [1.29, 1.82) is 0 Å². The van der Waals surface area contributed by atoms with Gasteiger partial charge >= 0.3 is 0 Å². The van der Waals surface area contributed by atoms with Crippen LogP contribution in [0.2, 0.25) is 0 Å². The summed E-state index contributed by atoms with van der Waals surface area (Å²) >= 11 is 0. The van der Waals surface area contributed by atoms with Crippen LogP contribution in [0.5, 0.6) is 0 Å². The molecule has 1 atom stereocenters. The molecule has 1 amide bonds. The smallest absolute Gasteiger partial charge is 0.243 e. The molecule has 2 aromatic rings. The van der Waals surface area contributed by atoms with E-state index in [1.807, 2.05) is 19.1 Å². The fourth-order valence-corrected chi connectivity index (χ4v) is 6.07. The topological polar surface area (TPSA) is 78.5 Å². The number of hydrogen-bond donors (Lipinski definition) is 2. The molecular formula is C24H31N3O3S. The Morgan fingerprint density at radius 3 is 2.65 bits per heavy atom. The molecule has 0 saturated carbocycles. The van der Waals surface area contributed by atoms with E-state index in [4.69, 9.17) is 0 Å². The quantitative estimate of drug-likeness (QED) is 0.715. The second-order valence-electron chi connectivity index (χ2n) is 8.51. The number of sulfonamides is 1. The minimum absolute atomic E-state index is 0.0335. The van der Waals surface area contributed by atoms with Crippen molar-refractivity contribution in [2.24, 2.45) is 0 Å². The van der Waals surface area contributed by atoms with Crippen LogP contribution in [-0.2, 0) is 21.2 Å².